The van der Waals surface area contributed by atoms with Crippen molar-refractivity contribution in [3.05, 3.63) is 77.0 Å². The summed E-state index contributed by atoms with van der Waals surface area (Å²) in [5.41, 5.74) is 3.01. The Bertz CT molecular complexity index is 3110. The third-order valence-electron chi connectivity index (χ3n) is 18.5. The SMILES string of the molecule is CCc1c(F)ccc2cc(OCCOC)cc(-c3ncc4c(N5CCC[C@](O)(CC)C5)nc(OCC5(CN6CCC7(CC6)CCN(C6CN(c8ccc9c(c8)CN(C8CCC(=O)NC8=O)C9=O)C6)CC7)CC5)nc4c3F)c12. The Morgan fingerprint density at radius 2 is 1.65 bits per heavy atom. The Labute approximate surface area is 448 Å². The highest BCUT2D eigenvalue weighted by Gasteiger charge is 2.48. The third kappa shape index (κ3) is 9.96. The maximum atomic E-state index is 17.6. The number of hydrogen-bond donors (Lipinski definition) is 2. The second kappa shape index (κ2) is 20.6. The minimum atomic E-state index is -0.921. The molecule has 0 bridgehead atoms. The van der Waals surface area contributed by atoms with Crippen LogP contribution in [0.1, 0.15) is 106 Å². The lowest BCUT2D eigenvalue weighted by molar-refractivity contribution is -0.136. The van der Waals surface area contributed by atoms with Crippen molar-refractivity contribution in [3.63, 3.8) is 0 Å². The summed E-state index contributed by atoms with van der Waals surface area (Å²) < 4.78 is 50.9. The molecule has 6 aliphatic heterocycles. The molecule has 2 N–H and O–H groups in total. The lowest BCUT2D eigenvalue weighted by Crippen LogP contribution is -2.62. The number of aromatic nitrogens is 3. The standard InChI is InChI=1S/C59H71F2N9O7/c1-4-42-46(60)10-7-37-28-41(76-26-25-75-3)29-44(49(37)42)51-50(61)52-45(30-62-51)53(68-20-6-13-59(74,5-2)35-68)65-56(64-52)77-36-58(14-15-58)34-66-21-16-57(17-22-66)18-23-67(24-19-57)40-32-69(33-40)39-8-9-43-38(27-39)31-70(55(43)73)47-11-12-48(71)63-54(47)72/h7-10,27-30,40,47,74H,4-6,11-26,31-36H2,1-3H3,(H,63,71,72)/t47?,59-/m1/s1. The summed E-state index contributed by atoms with van der Waals surface area (Å²) in [6.45, 7) is 13.3. The zero-order valence-electron chi connectivity index (χ0n) is 44.7. The Balaban J connectivity index is 0.695. The van der Waals surface area contributed by atoms with Gasteiger partial charge in [-0.3, -0.25) is 29.6 Å². The van der Waals surface area contributed by atoms with Gasteiger partial charge in [0.2, 0.25) is 11.8 Å². The molecule has 1 saturated carbocycles. The molecule has 2 atom stereocenters. The minimum Gasteiger partial charge on any atom is -0.491 e. The fourth-order valence-electron chi connectivity index (χ4n) is 13.4. The fourth-order valence-corrected chi connectivity index (χ4v) is 13.4. The largest absolute Gasteiger partial charge is 0.491 e. The van der Waals surface area contributed by atoms with Gasteiger partial charge in [-0.1, -0.05) is 19.9 Å². The lowest BCUT2D eigenvalue weighted by atomic mass is 9.70. The number of piperidine rings is 4. The quantitative estimate of drug-likeness (QED) is 0.0740. The van der Waals surface area contributed by atoms with Gasteiger partial charge in [-0.15, -0.1) is 0 Å². The number of β-amino-alcohol motifs (C(OH)–C–C–N with tert-alkyl or cyclic N) is 1. The number of ether oxygens (including phenoxy) is 3. The molecule has 408 valence electrons. The molecule has 12 rings (SSSR count). The van der Waals surface area contributed by atoms with Crippen LogP contribution in [0.15, 0.2) is 48.7 Å². The predicted molar refractivity (Wildman–Crippen MR) is 288 cm³/mol. The normalized spacial score (nSPS) is 23.7. The number of benzene rings is 3. The van der Waals surface area contributed by atoms with E-state index in [1.807, 2.05) is 36.9 Å². The molecule has 1 spiro atoms. The molecular formula is C59H71F2N9O7. The highest BCUT2D eigenvalue weighted by atomic mass is 19.1. The molecule has 2 aromatic heterocycles. The number of nitrogens with one attached hydrogen (secondary N) is 1. The Kier molecular flexibility index (Phi) is 13.8. The maximum absolute atomic E-state index is 17.6. The summed E-state index contributed by atoms with van der Waals surface area (Å²) >= 11 is 0. The highest BCUT2D eigenvalue weighted by Crippen LogP contribution is 2.49. The topological polar surface area (TPSA) is 166 Å². The monoisotopic (exact) mass is 1060 g/mol. The molecule has 3 amide bonds. The van der Waals surface area contributed by atoms with Crippen LogP contribution in [-0.4, -0.2) is 156 Å². The molecule has 18 heteroatoms. The van der Waals surface area contributed by atoms with Crippen LogP contribution >= 0.6 is 0 Å². The van der Waals surface area contributed by atoms with Crippen LogP contribution in [0.2, 0.25) is 0 Å². The smallest absolute Gasteiger partial charge is 0.319 e. The number of likely N-dealkylation sites (tertiary alicyclic amines) is 2. The van der Waals surface area contributed by atoms with Crippen LogP contribution in [0, 0.1) is 22.5 Å². The van der Waals surface area contributed by atoms with Crippen LogP contribution in [0.3, 0.4) is 0 Å². The van der Waals surface area contributed by atoms with Crippen molar-refractivity contribution in [1.29, 1.82) is 0 Å². The average Bonchev–Trinajstić information content (AvgIpc) is 4.18. The first kappa shape index (κ1) is 51.7. The van der Waals surface area contributed by atoms with Crippen LogP contribution in [0.25, 0.3) is 32.9 Å². The lowest BCUT2D eigenvalue weighted by Gasteiger charge is -2.52. The first-order valence-electron chi connectivity index (χ1n) is 28.1. The van der Waals surface area contributed by atoms with E-state index in [-0.39, 0.29) is 59.2 Å². The van der Waals surface area contributed by atoms with Gasteiger partial charge >= 0.3 is 6.01 Å². The first-order chi connectivity index (χ1) is 37.3. The summed E-state index contributed by atoms with van der Waals surface area (Å²) in [4.78, 5) is 63.4. The van der Waals surface area contributed by atoms with Crippen molar-refractivity contribution in [1.82, 2.24) is 35.0 Å². The van der Waals surface area contributed by atoms with Crippen LogP contribution in [0.5, 0.6) is 11.8 Å². The Morgan fingerprint density at radius 1 is 0.857 bits per heavy atom. The van der Waals surface area contributed by atoms with Crippen molar-refractivity contribution in [2.24, 2.45) is 10.8 Å². The zero-order valence-corrected chi connectivity index (χ0v) is 44.7. The van der Waals surface area contributed by atoms with Crippen LogP contribution in [-0.2, 0) is 27.3 Å². The van der Waals surface area contributed by atoms with E-state index in [1.165, 1.54) is 31.7 Å². The highest BCUT2D eigenvalue weighted by molar-refractivity contribution is 6.06. The van der Waals surface area contributed by atoms with Crippen LogP contribution in [0.4, 0.5) is 20.3 Å². The molecule has 5 aromatic rings. The molecule has 0 radical (unpaired) electrons. The number of imide groups is 1. The predicted octanol–water partition coefficient (Wildman–Crippen LogP) is 7.44. The van der Waals surface area contributed by atoms with Crippen molar-refractivity contribution >= 4 is 50.9 Å². The number of fused-ring (bicyclic) bond motifs is 3. The van der Waals surface area contributed by atoms with E-state index in [9.17, 15) is 19.5 Å². The number of anilines is 2. The summed E-state index contributed by atoms with van der Waals surface area (Å²) in [6, 6.07) is 12.7. The molecule has 6 fully saturated rings. The number of hydrogen-bond acceptors (Lipinski definition) is 14. The number of rotatable bonds is 16. The molecule has 1 unspecified atom stereocenters. The molecule has 3 aromatic carbocycles. The molecule has 5 saturated heterocycles. The number of halogens is 2. The summed E-state index contributed by atoms with van der Waals surface area (Å²) in [7, 11) is 1.60. The second-order valence-corrected chi connectivity index (χ2v) is 23.3. The average molecular weight is 1060 g/mol. The van der Waals surface area contributed by atoms with Gasteiger partial charge in [0.25, 0.3) is 5.91 Å². The van der Waals surface area contributed by atoms with Crippen molar-refractivity contribution in [2.45, 2.75) is 115 Å². The number of carbonyl (C=O) groups excluding carboxylic acids is 3. The fraction of sp³-hybridized carbons (Fsp3) is 0.559. The minimum absolute atomic E-state index is 0.0243. The zero-order chi connectivity index (χ0) is 53.2. The van der Waals surface area contributed by atoms with Gasteiger partial charge in [0.15, 0.2) is 5.82 Å². The molecule has 8 heterocycles. The molecular weight excluding hydrogens is 985 g/mol. The first-order valence-corrected chi connectivity index (χ1v) is 28.1. The van der Waals surface area contributed by atoms with Gasteiger partial charge in [0, 0.05) is 87.3 Å². The molecule has 1 aliphatic carbocycles. The molecule has 16 nitrogen and oxygen atoms in total. The van der Waals surface area contributed by atoms with Gasteiger partial charge < -0.3 is 38.9 Å². The van der Waals surface area contributed by atoms with Crippen LogP contribution < -0.4 is 24.6 Å². The van der Waals surface area contributed by atoms with Crippen molar-refractivity contribution in [3.8, 4) is 23.0 Å². The van der Waals surface area contributed by atoms with Crippen molar-refractivity contribution < 1.29 is 42.5 Å². The maximum Gasteiger partial charge on any atom is 0.319 e. The summed E-state index contributed by atoms with van der Waals surface area (Å²) in [6.07, 6.45) is 11.4. The van der Waals surface area contributed by atoms with Gasteiger partial charge in [-0.25, -0.2) is 8.78 Å². The third-order valence-corrected chi connectivity index (χ3v) is 18.5. The van der Waals surface area contributed by atoms with Crippen molar-refractivity contribution in [2.75, 3.05) is 95.6 Å². The van der Waals surface area contributed by atoms with E-state index < -0.39 is 17.5 Å². The van der Waals surface area contributed by atoms with E-state index in [1.54, 1.807) is 30.3 Å². The number of amides is 3. The van der Waals surface area contributed by atoms with Gasteiger partial charge in [-0.2, -0.15) is 9.97 Å². The van der Waals surface area contributed by atoms with E-state index in [0.717, 1.165) is 76.3 Å². The number of aryl methyl sites for hydroxylation is 1. The summed E-state index contributed by atoms with van der Waals surface area (Å²) in [5.74, 6) is -0.893. The van der Waals surface area contributed by atoms with E-state index in [4.69, 9.17) is 29.2 Å². The molecule has 77 heavy (non-hydrogen) atoms. The number of aliphatic hydroxyl groups is 1. The van der Waals surface area contributed by atoms with E-state index in [0.29, 0.717) is 114 Å². The Hall–Kier alpha value is -6.08. The second-order valence-electron chi connectivity index (χ2n) is 23.3. The van der Waals surface area contributed by atoms with Gasteiger partial charge in [0.1, 0.15) is 41.2 Å². The number of carbonyl (C=O) groups is 3. The van der Waals surface area contributed by atoms with Gasteiger partial charge in [0.05, 0.1) is 24.2 Å². The number of nitrogens with zero attached hydrogens (tertiary/aromatic N) is 8. The molecule has 7 aliphatic rings. The van der Waals surface area contributed by atoms with E-state index in [2.05, 4.69) is 26.1 Å². The summed E-state index contributed by atoms with van der Waals surface area (Å²) in [5, 5.41) is 15.6. The number of methoxy groups -OCH3 is 1. The van der Waals surface area contributed by atoms with Gasteiger partial charge in [-0.05, 0) is 161 Å². The van der Waals surface area contributed by atoms with E-state index >= 15 is 8.78 Å². The Morgan fingerprint density at radius 3 is 2.39 bits per heavy atom. The number of pyridine rings is 1.